The van der Waals surface area contributed by atoms with Gasteiger partial charge in [0.2, 0.25) is 0 Å². The number of allylic oxidation sites excluding steroid dienone is 1. The molecule has 6 rings (SSSR count). The lowest BCUT2D eigenvalue weighted by atomic mass is 9.88. The van der Waals surface area contributed by atoms with Gasteiger partial charge in [0.15, 0.2) is 0 Å². The second kappa shape index (κ2) is 10.0. The van der Waals surface area contributed by atoms with Gasteiger partial charge < -0.3 is 4.90 Å². The molecule has 1 aromatic heterocycles. The third-order valence-electron chi connectivity index (χ3n) is 7.89. The van der Waals surface area contributed by atoms with Crippen molar-refractivity contribution in [3.63, 3.8) is 0 Å². The first-order valence-corrected chi connectivity index (χ1v) is 13.0. The van der Waals surface area contributed by atoms with Crippen LogP contribution in [-0.2, 0) is 6.42 Å². The molecule has 0 saturated carbocycles. The molecule has 7 nitrogen and oxygen atoms in total. The molecule has 0 radical (unpaired) electrons. The molecule has 190 valence electrons. The van der Waals surface area contributed by atoms with Gasteiger partial charge in [-0.3, -0.25) is 19.5 Å². The van der Waals surface area contributed by atoms with Gasteiger partial charge in [0, 0.05) is 56.4 Å². The van der Waals surface area contributed by atoms with Gasteiger partial charge in [-0.05, 0) is 54.9 Å². The fraction of sp³-hybridized carbons (Fsp3) is 0.379. The third-order valence-corrected chi connectivity index (χ3v) is 7.89. The van der Waals surface area contributed by atoms with Crippen molar-refractivity contribution in [1.82, 2.24) is 20.0 Å². The first-order chi connectivity index (χ1) is 18.0. The third kappa shape index (κ3) is 4.85. The van der Waals surface area contributed by atoms with Gasteiger partial charge in [0.05, 0.1) is 16.6 Å². The van der Waals surface area contributed by atoms with E-state index in [-0.39, 0.29) is 17.0 Å². The maximum absolute atomic E-state index is 14.9. The molecule has 2 atom stereocenters. The van der Waals surface area contributed by atoms with Crippen molar-refractivity contribution in [3.8, 4) is 0 Å². The molecule has 2 saturated heterocycles. The summed E-state index contributed by atoms with van der Waals surface area (Å²) in [6.07, 6.45) is 7.61. The highest BCUT2D eigenvalue weighted by Crippen LogP contribution is 2.33. The van der Waals surface area contributed by atoms with Crippen LogP contribution in [0.3, 0.4) is 0 Å². The largest absolute Gasteiger partial charge is 0.338 e. The Bertz CT molecular complexity index is 1460. The van der Waals surface area contributed by atoms with E-state index < -0.39 is 5.82 Å². The molecule has 8 heteroatoms. The van der Waals surface area contributed by atoms with Gasteiger partial charge >= 0.3 is 0 Å². The topological polar surface area (TPSA) is 81.7 Å². The zero-order valence-electron chi connectivity index (χ0n) is 20.7. The summed E-state index contributed by atoms with van der Waals surface area (Å²) in [6, 6.07) is 12.0. The Labute approximate surface area is 214 Å². The molecule has 2 fully saturated rings. The van der Waals surface area contributed by atoms with Crippen LogP contribution in [0.15, 0.2) is 64.0 Å². The number of halogens is 1. The maximum atomic E-state index is 14.9. The highest BCUT2D eigenvalue weighted by atomic mass is 19.1. The van der Waals surface area contributed by atoms with E-state index in [0.717, 1.165) is 55.5 Å². The number of H-pyrrole nitrogens is 1. The molecule has 3 aliphatic rings. The van der Waals surface area contributed by atoms with Crippen LogP contribution >= 0.6 is 0 Å². The summed E-state index contributed by atoms with van der Waals surface area (Å²) in [5.41, 5.74) is 2.45. The molecule has 1 N–H and O–H groups in total. The van der Waals surface area contributed by atoms with E-state index in [1.807, 2.05) is 29.3 Å². The van der Waals surface area contributed by atoms with Crippen LogP contribution in [0.5, 0.6) is 0 Å². The second-order valence-corrected chi connectivity index (χ2v) is 10.4. The van der Waals surface area contributed by atoms with Gasteiger partial charge in [-0.1, -0.05) is 30.3 Å². The highest BCUT2D eigenvalue weighted by Gasteiger charge is 2.39. The van der Waals surface area contributed by atoms with Crippen LogP contribution in [-0.4, -0.2) is 64.8 Å². The standard InChI is InChI=1S/C29H30FN5O2/c30-26-9-8-19(14-27-23-6-1-2-7-24(23)28(36)33-32-27)13-25(26)29(37)35-12-10-20-15-34(16-21(20)17-35)18-22-5-3-4-11-31-22/h1-2,5-9,11,13,20-21H,3-4,10,12,14-18H2,(H,33,36). The van der Waals surface area contributed by atoms with Gasteiger partial charge in [0.1, 0.15) is 5.82 Å². The number of hydrogen-bond donors (Lipinski definition) is 1. The van der Waals surface area contributed by atoms with Gasteiger partial charge in [-0.25, -0.2) is 9.49 Å². The number of nitrogens with one attached hydrogen (secondary N) is 1. The van der Waals surface area contributed by atoms with E-state index in [4.69, 9.17) is 0 Å². The number of aromatic amines is 1. The molecule has 4 heterocycles. The summed E-state index contributed by atoms with van der Waals surface area (Å²) in [4.78, 5) is 34.4. The van der Waals surface area contributed by atoms with Gasteiger partial charge in [0.25, 0.3) is 11.5 Å². The summed E-state index contributed by atoms with van der Waals surface area (Å²) in [5.74, 6) is 0.197. The number of aliphatic imine (C=N–C) groups is 1. The molecule has 0 bridgehead atoms. The second-order valence-electron chi connectivity index (χ2n) is 10.4. The van der Waals surface area contributed by atoms with Crippen molar-refractivity contribution in [3.05, 3.63) is 87.2 Å². The summed E-state index contributed by atoms with van der Waals surface area (Å²) < 4.78 is 14.9. The van der Waals surface area contributed by atoms with Crippen LogP contribution in [0.25, 0.3) is 10.8 Å². The van der Waals surface area contributed by atoms with Crippen LogP contribution in [0.4, 0.5) is 4.39 Å². The Kier molecular flexibility index (Phi) is 6.42. The quantitative estimate of drug-likeness (QED) is 0.579. The van der Waals surface area contributed by atoms with Crippen LogP contribution in [0.2, 0.25) is 0 Å². The predicted octanol–water partition coefficient (Wildman–Crippen LogP) is 3.80. The van der Waals surface area contributed by atoms with Crippen molar-refractivity contribution in [1.29, 1.82) is 0 Å². The molecular weight excluding hydrogens is 469 g/mol. The van der Waals surface area contributed by atoms with Gasteiger partial charge in [-0.2, -0.15) is 5.10 Å². The number of benzene rings is 2. The van der Waals surface area contributed by atoms with Crippen molar-refractivity contribution < 1.29 is 9.18 Å². The Morgan fingerprint density at radius 2 is 1.89 bits per heavy atom. The Balaban J connectivity index is 1.16. The Hall–Kier alpha value is -3.65. The minimum atomic E-state index is -0.509. The zero-order chi connectivity index (χ0) is 25.4. The monoisotopic (exact) mass is 499 g/mol. The number of carbonyl (C=O) groups excluding carboxylic acids is 1. The van der Waals surface area contributed by atoms with Crippen molar-refractivity contribution in [2.24, 2.45) is 16.8 Å². The first kappa shape index (κ1) is 23.7. The molecule has 0 aliphatic carbocycles. The van der Waals surface area contributed by atoms with E-state index >= 15 is 0 Å². The van der Waals surface area contributed by atoms with E-state index in [2.05, 4.69) is 26.2 Å². The van der Waals surface area contributed by atoms with Crippen LogP contribution in [0.1, 0.15) is 40.9 Å². The summed E-state index contributed by atoms with van der Waals surface area (Å²) in [6.45, 7) is 4.13. The number of rotatable bonds is 5. The molecular formula is C29H30FN5O2. The summed E-state index contributed by atoms with van der Waals surface area (Å²) >= 11 is 0. The normalized spacial score (nSPS) is 21.8. The van der Waals surface area contributed by atoms with Crippen LogP contribution in [0, 0.1) is 17.7 Å². The number of fused-ring (bicyclic) bond motifs is 2. The van der Waals surface area contributed by atoms with E-state index in [9.17, 15) is 14.0 Å². The lowest BCUT2D eigenvalue weighted by molar-refractivity contribution is 0.0637. The molecule has 2 unspecified atom stereocenters. The lowest BCUT2D eigenvalue weighted by Crippen LogP contribution is -2.43. The van der Waals surface area contributed by atoms with E-state index in [0.29, 0.717) is 42.4 Å². The predicted molar refractivity (Wildman–Crippen MR) is 141 cm³/mol. The fourth-order valence-electron chi connectivity index (χ4n) is 5.99. The number of amides is 1. The minimum absolute atomic E-state index is 0.0984. The molecule has 3 aliphatic heterocycles. The number of carbonyl (C=O) groups is 1. The number of aromatic nitrogens is 2. The Morgan fingerprint density at radius 1 is 1.05 bits per heavy atom. The molecule has 1 amide bonds. The zero-order valence-corrected chi connectivity index (χ0v) is 20.7. The molecule has 37 heavy (non-hydrogen) atoms. The number of hydrogen-bond acceptors (Lipinski definition) is 5. The molecule has 2 aromatic carbocycles. The molecule has 3 aromatic rings. The van der Waals surface area contributed by atoms with Crippen molar-refractivity contribution >= 4 is 22.9 Å². The number of likely N-dealkylation sites (tertiary alicyclic amines) is 2. The van der Waals surface area contributed by atoms with E-state index in [1.54, 1.807) is 18.2 Å². The summed E-state index contributed by atoms with van der Waals surface area (Å²) in [7, 11) is 0. The van der Waals surface area contributed by atoms with E-state index in [1.165, 1.54) is 6.07 Å². The average molecular weight is 500 g/mol. The number of nitrogens with zero attached hydrogens (tertiary/aromatic N) is 4. The first-order valence-electron chi connectivity index (χ1n) is 13.0. The van der Waals surface area contributed by atoms with Gasteiger partial charge in [-0.15, -0.1) is 0 Å². The van der Waals surface area contributed by atoms with Crippen LogP contribution < -0.4 is 5.56 Å². The molecule has 0 spiro atoms. The average Bonchev–Trinajstić information content (AvgIpc) is 3.33. The van der Waals surface area contributed by atoms with Crippen molar-refractivity contribution in [2.75, 3.05) is 32.7 Å². The maximum Gasteiger partial charge on any atom is 0.272 e. The number of piperidine rings is 1. The summed E-state index contributed by atoms with van der Waals surface area (Å²) in [5, 5.41) is 8.09. The SMILES string of the molecule is O=C(c1cc(Cc2n[nH]c(=O)c3ccccc23)ccc1F)N1CCC2CN(CC3=CCCC=N3)CC2C1. The lowest BCUT2D eigenvalue weighted by Gasteiger charge is -2.34. The Morgan fingerprint density at radius 3 is 2.73 bits per heavy atom. The highest BCUT2D eigenvalue weighted by molar-refractivity contribution is 5.95. The fourth-order valence-corrected chi connectivity index (χ4v) is 5.99. The van der Waals surface area contributed by atoms with Crippen molar-refractivity contribution in [2.45, 2.75) is 25.7 Å². The smallest absolute Gasteiger partial charge is 0.272 e. The minimum Gasteiger partial charge on any atom is -0.338 e.